The average Bonchev–Trinajstić information content (AvgIpc) is 2.16. The number of allylic oxidation sites excluding steroid dienone is 2. The van der Waals surface area contributed by atoms with Crippen LogP contribution in [0.3, 0.4) is 0 Å². The standard InChI is InChI=1S/C8H11N3O2/c1-6(12)11-5-3-2-4-7(11)8(13)10-9/h2-5,7H,9H2,1H3,(H,10,13). The molecule has 1 atom stereocenters. The van der Waals surface area contributed by atoms with Crippen LogP contribution in [-0.2, 0) is 9.59 Å². The quantitative estimate of drug-likeness (QED) is 0.318. The van der Waals surface area contributed by atoms with Crippen LogP contribution in [0.5, 0.6) is 0 Å². The highest BCUT2D eigenvalue weighted by Crippen LogP contribution is 2.08. The van der Waals surface area contributed by atoms with Crippen molar-refractivity contribution in [2.45, 2.75) is 13.0 Å². The fraction of sp³-hybridized carbons (Fsp3) is 0.250. The summed E-state index contributed by atoms with van der Waals surface area (Å²) in [7, 11) is 0. The molecular weight excluding hydrogens is 170 g/mol. The molecule has 0 saturated heterocycles. The van der Waals surface area contributed by atoms with Crippen molar-refractivity contribution >= 4 is 11.8 Å². The average molecular weight is 181 g/mol. The van der Waals surface area contributed by atoms with E-state index in [1.165, 1.54) is 11.8 Å². The zero-order chi connectivity index (χ0) is 9.84. The molecule has 0 aromatic rings. The maximum atomic E-state index is 11.2. The predicted molar refractivity (Wildman–Crippen MR) is 46.9 cm³/mol. The zero-order valence-electron chi connectivity index (χ0n) is 7.23. The van der Waals surface area contributed by atoms with Gasteiger partial charge in [0.15, 0.2) is 0 Å². The van der Waals surface area contributed by atoms with E-state index in [1.54, 1.807) is 24.4 Å². The van der Waals surface area contributed by atoms with Gasteiger partial charge in [0, 0.05) is 13.1 Å². The number of carbonyl (C=O) groups is 2. The molecule has 0 fully saturated rings. The van der Waals surface area contributed by atoms with E-state index >= 15 is 0 Å². The SMILES string of the molecule is CC(=O)N1C=CC=CC1C(=O)NN. The van der Waals surface area contributed by atoms with E-state index in [2.05, 4.69) is 0 Å². The Bertz CT molecular complexity index is 283. The maximum absolute atomic E-state index is 11.2. The number of hydrogen-bond acceptors (Lipinski definition) is 3. The summed E-state index contributed by atoms with van der Waals surface area (Å²) >= 11 is 0. The molecule has 0 aromatic carbocycles. The van der Waals surface area contributed by atoms with Gasteiger partial charge in [-0.05, 0) is 6.08 Å². The summed E-state index contributed by atoms with van der Waals surface area (Å²) in [6.45, 7) is 1.39. The molecule has 0 saturated carbocycles. The van der Waals surface area contributed by atoms with Crippen molar-refractivity contribution in [1.29, 1.82) is 0 Å². The third kappa shape index (κ3) is 1.94. The lowest BCUT2D eigenvalue weighted by Crippen LogP contribution is -2.48. The predicted octanol–water partition coefficient (Wildman–Crippen LogP) is -0.723. The summed E-state index contributed by atoms with van der Waals surface area (Å²) in [6.07, 6.45) is 6.52. The minimum Gasteiger partial charge on any atom is -0.303 e. The molecule has 0 spiro atoms. The van der Waals surface area contributed by atoms with Gasteiger partial charge in [-0.1, -0.05) is 12.2 Å². The molecule has 13 heavy (non-hydrogen) atoms. The number of nitrogens with zero attached hydrogens (tertiary/aromatic N) is 1. The van der Waals surface area contributed by atoms with E-state index in [0.717, 1.165) is 0 Å². The second-order valence-electron chi connectivity index (χ2n) is 2.61. The van der Waals surface area contributed by atoms with Crippen molar-refractivity contribution in [3.8, 4) is 0 Å². The third-order valence-corrected chi connectivity index (χ3v) is 1.73. The summed E-state index contributed by atoms with van der Waals surface area (Å²) < 4.78 is 0. The maximum Gasteiger partial charge on any atom is 0.261 e. The van der Waals surface area contributed by atoms with E-state index in [1.807, 2.05) is 5.43 Å². The summed E-state index contributed by atoms with van der Waals surface area (Å²) in [5.41, 5.74) is 2.00. The molecular formula is C8H11N3O2. The monoisotopic (exact) mass is 181 g/mol. The Balaban J connectivity index is 2.82. The van der Waals surface area contributed by atoms with Crippen molar-refractivity contribution in [3.05, 3.63) is 24.4 Å². The second-order valence-corrected chi connectivity index (χ2v) is 2.61. The normalized spacial score (nSPS) is 20.2. The first-order valence-electron chi connectivity index (χ1n) is 3.81. The van der Waals surface area contributed by atoms with Gasteiger partial charge in [-0.3, -0.25) is 15.0 Å². The fourth-order valence-corrected chi connectivity index (χ4v) is 1.10. The van der Waals surface area contributed by atoms with Crippen LogP contribution in [0.4, 0.5) is 0 Å². The van der Waals surface area contributed by atoms with Crippen LogP contribution in [-0.4, -0.2) is 22.8 Å². The molecule has 1 unspecified atom stereocenters. The van der Waals surface area contributed by atoms with Gasteiger partial charge in [0.1, 0.15) is 6.04 Å². The van der Waals surface area contributed by atoms with E-state index in [9.17, 15) is 9.59 Å². The first-order valence-corrected chi connectivity index (χ1v) is 3.81. The lowest BCUT2D eigenvalue weighted by atomic mass is 10.2. The molecule has 1 aliphatic rings. The molecule has 0 radical (unpaired) electrons. The van der Waals surface area contributed by atoms with Gasteiger partial charge >= 0.3 is 0 Å². The number of hydrazine groups is 1. The molecule has 70 valence electrons. The first kappa shape index (κ1) is 9.47. The number of hydrogen-bond donors (Lipinski definition) is 2. The van der Waals surface area contributed by atoms with Crippen LogP contribution in [0.15, 0.2) is 24.4 Å². The summed E-state index contributed by atoms with van der Waals surface area (Å²) in [5.74, 6) is 4.36. The van der Waals surface area contributed by atoms with Crippen LogP contribution in [0, 0.1) is 0 Å². The van der Waals surface area contributed by atoms with Crippen LogP contribution in [0.1, 0.15) is 6.92 Å². The molecule has 5 heteroatoms. The minimum atomic E-state index is -0.632. The van der Waals surface area contributed by atoms with E-state index in [-0.39, 0.29) is 5.91 Å². The molecule has 0 aliphatic carbocycles. The lowest BCUT2D eigenvalue weighted by molar-refractivity contribution is -0.134. The lowest BCUT2D eigenvalue weighted by Gasteiger charge is -2.25. The van der Waals surface area contributed by atoms with Gasteiger partial charge in [0.05, 0.1) is 0 Å². The topological polar surface area (TPSA) is 75.4 Å². The summed E-state index contributed by atoms with van der Waals surface area (Å²) in [4.78, 5) is 23.5. The van der Waals surface area contributed by atoms with Crippen LogP contribution in [0.2, 0.25) is 0 Å². The molecule has 2 amide bonds. The number of carbonyl (C=O) groups excluding carboxylic acids is 2. The molecule has 0 aromatic heterocycles. The van der Waals surface area contributed by atoms with Gasteiger partial charge in [-0.2, -0.15) is 0 Å². The Morgan fingerprint density at radius 2 is 2.15 bits per heavy atom. The summed E-state index contributed by atoms with van der Waals surface area (Å²) in [5, 5.41) is 0. The Hall–Kier alpha value is -1.62. The zero-order valence-corrected chi connectivity index (χ0v) is 7.23. The number of amides is 2. The summed E-state index contributed by atoms with van der Waals surface area (Å²) in [6, 6.07) is -0.632. The smallest absolute Gasteiger partial charge is 0.261 e. The van der Waals surface area contributed by atoms with E-state index in [4.69, 9.17) is 5.84 Å². The van der Waals surface area contributed by atoms with Gasteiger partial charge in [-0.15, -0.1) is 0 Å². The van der Waals surface area contributed by atoms with Crippen LogP contribution in [0.25, 0.3) is 0 Å². The van der Waals surface area contributed by atoms with Crippen molar-refractivity contribution in [2.24, 2.45) is 5.84 Å². The van der Waals surface area contributed by atoms with Crippen molar-refractivity contribution in [2.75, 3.05) is 0 Å². The van der Waals surface area contributed by atoms with E-state index < -0.39 is 11.9 Å². The highest BCUT2D eigenvalue weighted by molar-refractivity contribution is 5.89. The van der Waals surface area contributed by atoms with Crippen molar-refractivity contribution < 1.29 is 9.59 Å². The number of rotatable bonds is 1. The number of nitrogens with one attached hydrogen (secondary N) is 1. The van der Waals surface area contributed by atoms with Gasteiger partial charge in [0.25, 0.3) is 5.91 Å². The van der Waals surface area contributed by atoms with Gasteiger partial charge in [0.2, 0.25) is 5.91 Å². The molecule has 5 nitrogen and oxygen atoms in total. The highest BCUT2D eigenvalue weighted by Gasteiger charge is 2.24. The Labute approximate surface area is 75.9 Å². The Kier molecular flexibility index (Phi) is 2.81. The molecule has 0 bridgehead atoms. The number of nitrogens with two attached hydrogens (primary N) is 1. The van der Waals surface area contributed by atoms with Gasteiger partial charge in [-0.25, -0.2) is 5.84 Å². The third-order valence-electron chi connectivity index (χ3n) is 1.73. The molecule has 1 aliphatic heterocycles. The first-order chi connectivity index (χ1) is 6.16. The van der Waals surface area contributed by atoms with Gasteiger partial charge < -0.3 is 4.90 Å². The van der Waals surface area contributed by atoms with Crippen LogP contribution < -0.4 is 11.3 Å². The second kappa shape index (κ2) is 3.86. The minimum absolute atomic E-state index is 0.200. The van der Waals surface area contributed by atoms with E-state index in [0.29, 0.717) is 0 Å². The van der Waals surface area contributed by atoms with Crippen molar-refractivity contribution in [1.82, 2.24) is 10.3 Å². The van der Waals surface area contributed by atoms with Crippen LogP contribution >= 0.6 is 0 Å². The molecule has 1 rings (SSSR count). The Morgan fingerprint density at radius 1 is 1.46 bits per heavy atom. The molecule has 3 N–H and O–H groups in total. The Morgan fingerprint density at radius 3 is 2.69 bits per heavy atom. The molecule has 1 heterocycles. The highest BCUT2D eigenvalue weighted by atomic mass is 16.2. The fourth-order valence-electron chi connectivity index (χ4n) is 1.10. The largest absolute Gasteiger partial charge is 0.303 e. The van der Waals surface area contributed by atoms with Crippen molar-refractivity contribution in [3.63, 3.8) is 0 Å².